The number of benzene rings is 1. The number of likely N-dealkylation sites (tertiary alicyclic amines) is 1. The minimum absolute atomic E-state index is 0.0355. The Bertz CT molecular complexity index is 708. The fourth-order valence-corrected chi connectivity index (χ4v) is 3.41. The van der Waals surface area contributed by atoms with Crippen LogP contribution in [0.5, 0.6) is 0 Å². The van der Waals surface area contributed by atoms with E-state index in [4.69, 9.17) is 5.73 Å². The van der Waals surface area contributed by atoms with Crippen molar-refractivity contribution in [3.63, 3.8) is 0 Å². The van der Waals surface area contributed by atoms with Gasteiger partial charge in [-0.15, -0.1) is 0 Å². The van der Waals surface area contributed by atoms with Crippen molar-refractivity contribution in [3.05, 3.63) is 54.0 Å². The minimum atomic E-state index is -0.598. The Morgan fingerprint density at radius 3 is 2.72 bits per heavy atom. The molecule has 0 radical (unpaired) electrons. The number of aliphatic hydroxyl groups is 1. The summed E-state index contributed by atoms with van der Waals surface area (Å²) in [5, 5.41) is 10.6. The molecule has 0 bridgehead atoms. The summed E-state index contributed by atoms with van der Waals surface area (Å²) in [5.41, 5.74) is 6.91. The largest absolute Gasteiger partial charge is 0.388 e. The molecule has 1 fully saturated rings. The van der Waals surface area contributed by atoms with Crippen molar-refractivity contribution < 1.29 is 9.90 Å². The molecule has 2 atom stereocenters. The zero-order valence-corrected chi connectivity index (χ0v) is 14.2. The van der Waals surface area contributed by atoms with E-state index in [0.29, 0.717) is 13.0 Å². The van der Waals surface area contributed by atoms with Crippen LogP contribution in [0.25, 0.3) is 0 Å². The van der Waals surface area contributed by atoms with Gasteiger partial charge in [0.15, 0.2) is 11.5 Å². The van der Waals surface area contributed by atoms with Gasteiger partial charge in [-0.25, -0.2) is 9.97 Å². The summed E-state index contributed by atoms with van der Waals surface area (Å²) in [5.74, 6) is -0.0446. The molecule has 1 aliphatic heterocycles. The number of carbonyl (C=O) groups is 1. The summed E-state index contributed by atoms with van der Waals surface area (Å²) < 4.78 is 0. The molecular formula is C19H24N4O2. The maximum Gasteiger partial charge on any atom is 0.276 e. The summed E-state index contributed by atoms with van der Waals surface area (Å²) in [6, 6.07) is 9.53. The van der Waals surface area contributed by atoms with Gasteiger partial charge < -0.3 is 15.7 Å². The maximum atomic E-state index is 13.0. The lowest BCUT2D eigenvalue weighted by Crippen LogP contribution is -2.41. The van der Waals surface area contributed by atoms with Crippen molar-refractivity contribution in [3.8, 4) is 0 Å². The quantitative estimate of drug-likeness (QED) is 0.892. The highest BCUT2D eigenvalue weighted by atomic mass is 16.3. The Morgan fingerprint density at radius 1 is 1.20 bits per heavy atom. The van der Waals surface area contributed by atoms with E-state index in [0.717, 1.165) is 31.2 Å². The molecule has 2 aromatic rings. The van der Waals surface area contributed by atoms with Gasteiger partial charge in [-0.1, -0.05) is 43.2 Å². The fourth-order valence-electron chi connectivity index (χ4n) is 3.41. The topological polar surface area (TPSA) is 92.3 Å². The first-order valence-corrected chi connectivity index (χ1v) is 8.77. The molecule has 1 amide bonds. The van der Waals surface area contributed by atoms with Crippen LogP contribution in [-0.2, 0) is 0 Å². The molecule has 3 rings (SSSR count). The summed E-state index contributed by atoms with van der Waals surface area (Å²) in [7, 11) is 0. The SMILES string of the molecule is Nc1nccnc1C(=O)N1CCCCC[C@@H]1C[C@@H](O)c1ccccc1. The third-order valence-electron chi connectivity index (χ3n) is 4.75. The van der Waals surface area contributed by atoms with Crippen LogP contribution >= 0.6 is 0 Å². The van der Waals surface area contributed by atoms with Crippen LogP contribution in [0.15, 0.2) is 42.7 Å². The predicted octanol–water partition coefficient (Wildman–Crippen LogP) is 2.57. The molecular weight excluding hydrogens is 316 g/mol. The van der Waals surface area contributed by atoms with Crippen molar-refractivity contribution in [1.29, 1.82) is 0 Å². The monoisotopic (exact) mass is 340 g/mol. The highest BCUT2D eigenvalue weighted by molar-refractivity contribution is 5.96. The number of amides is 1. The first kappa shape index (κ1) is 17.4. The molecule has 1 aromatic carbocycles. The number of hydrogen-bond donors (Lipinski definition) is 2. The Morgan fingerprint density at radius 2 is 1.96 bits per heavy atom. The summed E-state index contributed by atoms with van der Waals surface area (Å²) in [6.45, 7) is 0.654. The Kier molecular flexibility index (Phi) is 5.60. The normalized spacial score (nSPS) is 19.2. The Balaban J connectivity index is 1.80. The molecule has 1 aliphatic rings. The second-order valence-corrected chi connectivity index (χ2v) is 6.45. The number of carbonyl (C=O) groups excluding carboxylic acids is 1. The van der Waals surface area contributed by atoms with E-state index in [2.05, 4.69) is 9.97 Å². The van der Waals surface area contributed by atoms with E-state index in [9.17, 15) is 9.90 Å². The van der Waals surface area contributed by atoms with Gasteiger partial charge in [0.25, 0.3) is 5.91 Å². The first-order valence-electron chi connectivity index (χ1n) is 8.77. The molecule has 25 heavy (non-hydrogen) atoms. The van der Waals surface area contributed by atoms with E-state index < -0.39 is 6.10 Å². The van der Waals surface area contributed by atoms with Gasteiger partial charge in [0.1, 0.15) is 0 Å². The number of nitrogens with zero attached hydrogens (tertiary/aromatic N) is 3. The van der Waals surface area contributed by atoms with Crippen LogP contribution in [-0.4, -0.2) is 38.5 Å². The number of anilines is 1. The molecule has 3 N–H and O–H groups in total. The lowest BCUT2D eigenvalue weighted by Gasteiger charge is -2.31. The van der Waals surface area contributed by atoms with Gasteiger partial charge in [-0.05, 0) is 24.8 Å². The molecule has 132 valence electrons. The van der Waals surface area contributed by atoms with E-state index in [1.165, 1.54) is 12.4 Å². The van der Waals surface area contributed by atoms with Gasteiger partial charge >= 0.3 is 0 Å². The van der Waals surface area contributed by atoms with E-state index in [1.807, 2.05) is 35.2 Å². The average Bonchev–Trinajstić information content (AvgIpc) is 2.88. The number of hydrogen-bond acceptors (Lipinski definition) is 5. The van der Waals surface area contributed by atoms with Crippen molar-refractivity contribution in [2.45, 2.75) is 44.2 Å². The van der Waals surface area contributed by atoms with Crippen molar-refractivity contribution in [2.24, 2.45) is 0 Å². The number of aliphatic hydroxyl groups excluding tert-OH is 1. The molecule has 0 saturated carbocycles. The van der Waals surface area contributed by atoms with Gasteiger partial charge in [-0.2, -0.15) is 0 Å². The Hall–Kier alpha value is -2.47. The van der Waals surface area contributed by atoms with Crippen molar-refractivity contribution in [2.75, 3.05) is 12.3 Å². The number of nitrogens with two attached hydrogens (primary N) is 1. The zero-order valence-electron chi connectivity index (χ0n) is 14.2. The van der Waals surface area contributed by atoms with Crippen LogP contribution in [0.2, 0.25) is 0 Å². The van der Waals surface area contributed by atoms with Gasteiger partial charge in [0, 0.05) is 25.0 Å². The van der Waals surface area contributed by atoms with Gasteiger partial charge in [0.05, 0.1) is 6.10 Å². The third kappa shape index (κ3) is 4.14. The van der Waals surface area contributed by atoms with Crippen LogP contribution in [0.4, 0.5) is 5.82 Å². The summed E-state index contributed by atoms with van der Waals surface area (Å²) in [4.78, 5) is 22.9. The lowest BCUT2D eigenvalue weighted by atomic mass is 9.98. The van der Waals surface area contributed by atoms with E-state index in [1.54, 1.807) is 0 Å². The van der Waals surface area contributed by atoms with E-state index in [-0.39, 0.29) is 23.5 Å². The number of rotatable bonds is 4. The minimum Gasteiger partial charge on any atom is -0.388 e. The Labute approximate surface area is 147 Å². The van der Waals surface area contributed by atoms with Gasteiger partial charge in [0.2, 0.25) is 0 Å². The second-order valence-electron chi connectivity index (χ2n) is 6.45. The van der Waals surface area contributed by atoms with Gasteiger partial charge in [-0.3, -0.25) is 4.79 Å². The zero-order chi connectivity index (χ0) is 17.6. The molecule has 1 saturated heterocycles. The predicted molar refractivity (Wildman–Crippen MR) is 95.8 cm³/mol. The van der Waals surface area contributed by atoms with Crippen LogP contribution in [0.1, 0.15) is 54.3 Å². The van der Waals surface area contributed by atoms with Crippen LogP contribution < -0.4 is 5.73 Å². The van der Waals surface area contributed by atoms with Crippen molar-refractivity contribution in [1.82, 2.24) is 14.9 Å². The standard InChI is InChI=1S/C19H24N4O2/c20-18-17(21-10-11-22-18)19(25)23-12-6-2-5-9-15(23)13-16(24)14-7-3-1-4-8-14/h1,3-4,7-8,10-11,15-16,24H,2,5-6,9,12-13H2,(H2,20,22)/t15-,16-/m1/s1. The molecule has 0 aliphatic carbocycles. The second kappa shape index (κ2) is 8.07. The third-order valence-corrected chi connectivity index (χ3v) is 4.75. The number of aromatic nitrogens is 2. The fraction of sp³-hybridized carbons (Fsp3) is 0.421. The van der Waals surface area contributed by atoms with Crippen molar-refractivity contribution >= 4 is 11.7 Å². The first-order chi connectivity index (χ1) is 12.2. The molecule has 0 spiro atoms. The molecule has 6 heteroatoms. The smallest absolute Gasteiger partial charge is 0.276 e. The molecule has 0 unspecified atom stereocenters. The van der Waals surface area contributed by atoms with Crippen LogP contribution in [0.3, 0.4) is 0 Å². The highest BCUT2D eigenvalue weighted by Crippen LogP contribution is 2.27. The summed E-state index contributed by atoms with van der Waals surface area (Å²) in [6.07, 6.45) is 6.82. The lowest BCUT2D eigenvalue weighted by molar-refractivity contribution is 0.0583. The highest BCUT2D eigenvalue weighted by Gasteiger charge is 2.30. The number of nitrogen functional groups attached to an aromatic ring is 1. The molecule has 1 aromatic heterocycles. The van der Waals surface area contributed by atoms with E-state index >= 15 is 0 Å². The summed E-state index contributed by atoms with van der Waals surface area (Å²) >= 11 is 0. The molecule has 2 heterocycles. The maximum absolute atomic E-state index is 13.0. The average molecular weight is 340 g/mol. The van der Waals surface area contributed by atoms with Crippen LogP contribution in [0, 0.1) is 0 Å². The molecule has 6 nitrogen and oxygen atoms in total.